The number of hydrogen-bond donors (Lipinski definition) is 2. The van der Waals surface area contributed by atoms with Gasteiger partial charge in [0, 0.05) is 11.8 Å². The molecule has 0 saturated heterocycles. The molecular formula is C23H24N4O2. The van der Waals surface area contributed by atoms with E-state index < -0.39 is 0 Å². The fourth-order valence-electron chi connectivity index (χ4n) is 2.56. The van der Waals surface area contributed by atoms with E-state index in [1.54, 1.807) is 12.1 Å². The molecule has 0 spiro atoms. The smallest absolute Gasteiger partial charge is 0.289 e. The molecule has 0 aliphatic rings. The van der Waals surface area contributed by atoms with Crippen LogP contribution in [0.15, 0.2) is 71.8 Å². The molecule has 2 N–H and O–H groups in total. The Kier molecular flexibility index (Phi) is 7.34. The second kappa shape index (κ2) is 10.6. The predicted octanol–water partition coefficient (Wildman–Crippen LogP) is 4.68. The highest BCUT2D eigenvalue weighted by molar-refractivity contribution is 5.94. The van der Waals surface area contributed by atoms with E-state index in [0.29, 0.717) is 18.0 Å². The van der Waals surface area contributed by atoms with E-state index in [2.05, 4.69) is 27.6 Å². The normalized spacial score (nSPS) is 11.2. The molecule has 0 atom stereocenters. The largest absolute Gasteiger partial charge is 0.494 e. The lowest BCUT2D eigenvalue weighted by Crippen LogP contribution is -2.17. The van der Waals surface area contributed by atoms with Crippen molar-refractivity contribution in [1.29, 1.82) is 0 Å². The van der Waals surface area contributed by atoms with Crippen LogP contribution in [0.5, 0.6) is 5.75 Å². The van der Waals surface area contributed by atoms with Crippen molar-refractivity contribution in [3.63, 3.8) is 0 Å². The zero-order valence-corrected chi connectivity index (χ0v) is 16.3. The van der Waals surface area contributed by atoms with Crippen LogP contribution in [0.4, 0.5) is 0 Å². The van der Waals surface area contributed by atoms with Crippen LogP contribution in [0.25, 0.3) is 17.3 Å². The van der Waals surface area contributed by atoms with E-state index in [0.717, 1.165) is 29.7 Å². The molecule has 0 fully saturated rings. The van der Waals surface area contributed by atoms with Crippen LogP contribution in [-0.4, -0.2) is 28.9 Å². The topological polar surface area (TPSA) is 79.4 Å². The molecule has 29 heavy (non-hydrogen) atoms. The number of carbonyl (C=O) groups excluding carboxylic acids is 1. The minimum Gasteiger partial charge on any atom is -0.494 e. The molecule has 148 valence electrons. The molecule has 0 bridgehead atoms. The number of nitrogens with one attached hydrogen (secondary N) is 2. The Bertz CT molecular complexity index is 960. The summed E-state index contributed by atoms with van der Waals surface area (Å²) in [5.74, 6) is 0.473. The van der Waals surface area contributed by atoms with Gasteiger partial charge in [0.05, 0.1) is 12.3 Å². The standard InChI is InChI=1S/C23H24N4O2/c1-2-3-16-29-20-13-11-19(12-14-20)21-17-22(26-25-21)23(28)27-24-15-7-10-18-8-5-4-6-9-18/h4-15,17H,2-3,16H2,1H3,(H,25,26)(H,27,28)/b10-7+,24-15-. The number of H-pyrrole nitrogens is 1. The van der Waals surface area contributed by atoms with Gasteiger partial charge in [-0.1, -0.05) is 49.8 Å². The Morgan fingerprint density at radius 1 is 1.17 bits per heavy atom. The van der Waals surface area contributed by atoms with E-state index in [1.807, 2.05) is 60.7 Å². The molecule has 1 aromatic heterocycles. The summed E-state index contributed by atoms with van der Waals surface area (Å²) >= 11 is 0. The van der Waals surface area contributed by atoms with Crippen LogP contribution in [0, 0.1) is 0 Å². The number of hydrogen-bond acceptors (Lipinski definition) is 4. The quantitative estimate of drug-likeness (QED) is 0.317. The Labute approximate surface area is 170 Å². The third-order valence-electron chi connectivity index (χ3n) is 4.15. The van der Waals surface area contributed by atoms with E-state index >= 15 is 0 Å². The lowest BCUT2D eigenvalue weighted by Gasteiger charge is -2.05. The summed E-state index contributed by atoms with van der Waals surface area (Å²) in [5.41, 5.74) is 5.46. The number of unbranched alkanes of at least 4 members (excludes halogenated alkanes) is 1. The molecule has 3 rings (SSSR count). The summed E-state index contributed by atoms with van der Waals surface area (Å²) in [6, 6.07) is 19.2. The van der Waals surface area contributed by atoms with Crippen LogP contribution in [0.1, 0.15) is 35.8 Å². The SMILES string of the molecule is CCCCOc1ccc(-c2cc(C(=O)N/N=C\C=C\c3ccccc3)[nH]n2)cc1. The van der Waals surface area contributed by atoms with Gasteiger partial charge >= 0.3 is 0 Å². The maximum absolute atomic E-state index is 12.2. The number of rotatable bonds is 9. The van der Waals surface area contributed by atoms with Gasteiger partial charge in [0.25, 0.3) is 5.91 Å². The van der Waals surface area contributed by atoms with Crippen LogP contribution in [-0.2, 0) is 0 Å². The average Bonchev–Trinajstić information content (AvgIpc) is 3.25. The number of aromatic amines is 1. The molecule has 0 saturated carbocycles. The predicted molar refractivity (Wildman–Crippen MR) is 116 cm³/mol. The Balaban J connectivity index is 1.53. The van der Waals surface area contributed by atoms with Gasteiger partial charge < -0.3 is 4.74 Å². The molecule has 2 aromatic carbocycles. The lowest BCUT2D eigenvalue weighted by atomic mass is 10.1. The third-order valence-corrected chi connectivity index (χ3v) is 4.15. The van der Waals surface area contributed by atoms with Crippen molar-refractivity contribution in [3.05, 3.63) is 78.0 Å². The van der Waals surface area contributed by atoms with Crippen molar-refractivity contribution in [2.75, 3.05) is 6.61 Å². The summed E-state index contributed by atoms with van der Waals surface area (Å²) in [7, 11) is 0. The van der Waals surface area contributed by atoms with Crippen LogP contribution in [0.3, 0.4) is 0 Å². The highest BCUT2D eigenvalue weighted by Gasteiger charge is 2.10. The van der Waals surface area contributed by atoms with Crippen LogP contribution >= 0.6 is 0 Å². The van der Waals surface area contributed by atoms with Crippen molar-refractivity contribution >= 4 is 18.2 Å². The summed E-state index contributed by atoms with van der Waals surface area (Å²) in [4.78, 5) is 12.2. The number of amides is 1. The summed E-state index contributed by atoms with van der Waals surface area (Å²) < 4.78 is 5.66. The van der Waals surface area contributed by atoms with Gasteiger partial charge in [-0.15, -0.1) is 0 Å². The van der Waals surface area contributed by atoms with E-state index in [1.165, 1.54) is 6.21 Å². The second-order valence-electron chi connectivity index (χ2n) is 6.38. The van der Waals surface area contributed by atoms with Crippen molar-refractivity contribution in [2.24, 2.45) is 5.10 Å². The Morgan fingerprint density at radius 3 is 2.72 bits per heavy atom. The molecule has 6 heteroatoms. The van der Waals surface area contributed by atoms with E-state index in [-0.39, 0.29) is 5.91 Å². The van der Waals surface area contributed by atoms with E-state index in [4.69, 9.17) is 4.74 Å². The van der Waals surface area contributed by atoms with Crippen molar-refractivity contribution in [3.8, 4) is 17.0 Å². The molecule has 3 aromatic rings. The number of allylic oxidation sites excluding steroid dienone is 1. The first kappa shape index (κ1) is 20.1. The minimum atomic E-state index is -0.354. The van der Waals surface area contributed by atoms with E-state index in [9.17, 15) is 4.79 Å². The molecular weight excluding hydrogens is 364 g/mol. The van der Waals surface area contributed by atoms with Gasteiger partial charge in [0.2, 0.25) is 0 Å². The lowest BCUT2D eigenvalue weighted by molar-refractivity contribution is 0.0950. The zero-order valence-electron chi connectivity index (χ0n) is 16.3. The third kappa shape index (κ3) is 6.17. The van der Waals surface area contributed by atoms with Gasteiger partial charge in [-0.2, -0.15) is 10.2 Å². The number of carbonyl (C=O) groups is 1. The minimum absolute atomic E-state index is 0.340. The average molecular weight is 388 g/mol. The maximum atomic E-state index is 12.2. The molecule has 0 unspecified atom stereocenters. The monoisotopic (exact) mass is 388 g/mol. The van der Waals surface area contributed by atoms with Gasteiger partial charge in [-0.05, 0) is 48.4 Å². The summed E-state index contributed by atoms with van der Waals surface area (Å²) in [6.07, 6.45) is 7.32. The van der Waals surface area contributed by atoms with Gasteiger partial charge in [0.1, 0.15) is 11.4 Å². The van der Waals surface area contributed by atoms with Gasteiger partial charge in [-0.3, -0.25) is 9.89 Å². The second-order valence-corrected chi connectivity index (χ2v) is 6.38. The number of ether oxygens (including phenoxy) is 1. The Hall–Kier alpha value is -3.67. The van der Waals surface area contributed by atoms with Crippen molar-refractivity contribution < 1.29 is 9.53 Å². The fourth-order valence-corrected chi connectivity index (χ4v) is 2.56. The maximum Gasteiger partial charge on any atom is 0.289 e. The summed E-state index contributed by atoms with van der Waals surface area (Å²) in [5, 5.41) is 10.9. The number of hydrazone groups is 1. The molecule has 1 heterocycles. The van der Waals surface area contributed by atoms with Gasteiger partial charge in [0.15, 0.2) is 0 Å². The fraction of sp³-hybridized carbons (Fsp3) is 0.174. The first-order valence-corrected chi connectivity index (χ1v) is 9.60. The molecule has 1 amide bonds. The van der Waals surface area contributed by atoms with Crippen molar-refractivity contribution in [2.45, 2.75) is 19.8 Å². The molecule has 6 nitrogen and oxygen atoms in total. The molecule has 0 aliphatic carbocycles. The van der Waals surface area contributed by atoms with Crippen LogP contribution < -0.4 is 10.2 Å². The van der Waals surface area contributed by atoms with Crippen molar-refractivity contribution in [1.82, 2.24) is 15.6 Å². The van der Waals surface area contributed by atoms with Crippen LogP contribution in [0.2, 0.25) is 0 Å². The highest BCUT2D eigenvalue weighted by Crippen LogP contribution is 2.21. The van der Waals surface area contributed by atoms with Gasteiger partial charge in [-0.25, -0.2) is 5.43 Å². The number of benzene rings is 2. The number of aromatic nitrogens is 2. The number of nitrogens with zero attached hydrogens (tertiary/aromatic N) is 2. The highest BCUT2D eigenvalue weighted by atomic mass is 16.5. The zero-order chi connectivity index (χ0) is 20.3. The first-order valence-electron chi connectivity index (χ1n) is 9.60. The Morgan fingerprint density at radius 2 is 1.97 bits per heavy atom. The summed E-state index contributed by atoms with van der Waals surface area (Å²) in [6.45, 7) is 2.84. The molecule has 0 radical (unpaired) electrons. The molecule has 0 aliphatic heterocycles. The first-order chi connectivity index (χ1) is 14.3.